The number of halogens is 2. The third-order valence-electron chi connectivity index (χ3n) is 12.4. The fourth-order valence-electron chi connectivity index (χ4n) is 9.67. The molecular weight excluding hydrogens is 934 g/mol. The molecule has 6 heterocycles. The van der Waals surface area contributed by atoms with Crippen LogP contribution < -0.4 is 9.80 Å². The predicted molar refractivity (Wildman–Crippen MR) is 231 cm³/mol. The van der Waals surface area contributed by atoms with Crippen LogP contribution in [0.5, 0.6) is 0 Å². The van der Waals surface area contributed by atoms with E-state index in [1.165, 1.54) is 25.3 Å². The lowest BCUT2D eigenvalue weighted by Crippen LogP contribution is -2.38. The summed E-state index contributed by atoms with van der Waals surface area (Å²) >= 11 is 4.57. The van der Waals surface area contributed by atoms with E-state index >= 15 is 0 Å². The second kappa shape index (κ2) is 14.9. The van der Waals surface area contributed by atoms with E-state index in [-0.39, 0.29) is 23.8 Å². The Hall–Kier alpha value is -4.32. The summed E-state index contributed by atoms with van der Waals surface area (Å²) in [7, 11) is 2.96. The summed E-state index contributed by atoms with van der Waals surface area (Å²) in [5, 5.41) is 11.8. The highest BCUT2D eigenvalue weighted by atomic mass is 127. The Balaban J connectivity index is 0.000000146. The molecule has 288 valence electrons. The molecule has 2 aliphatic carbocycles. The van der Waals surface area contributed by atoms with Gasteiger partial charge in [-0.05, 0) is 132 Å². The van der Waals surface area contributed by atoms with E-state index in [4.69, 9.17) is 29.6 Å². The summed E-state index contributed by atoms with van der Waals surface area (Å²) in [5.74, 6) is 2.66. The highest BCUT2D eigenvalue weighted by Gasteiger charge is 2.49. The molecule has 6 aromatic rings. The molecule has 2 saturated heterocycles. The van der Waals surface area contributed by atoms with Crippen molar-refractivity contribution in [1.82, 2.24) is 29.5 Å². The van der Waals surface area contributed by atoms with Crippen molar-refractivity contribution in [3.63, 3.8) is 0 Å². The van der Waals surface area contributed by atoms with E-state index in [2.05, 4.69) is 129 Å². The van der Waals surface area contributed by atoms with Gasteiger partial charge in [0.1, 0.15) is 19.0 Å². The van der Waals surface area contributed by atoms with E-state index in [1.807, 2.05) is 21.8 Å². The normalized spacial score (nSPS) is 23.5. The number of aromatic nitrogens is 6. The molecule has 0 radical (unpaired) electrons. The van der Waals surface area contributed by atoms with Gasteiger partial charge in [0.15, 0.2) is 0 Å². The molecule has 2 aliphatic heterocycles. The number of hydrogen-bond acceptors (Lipinski definition) is 10. The van der Waals surface area contributed by atoms with E-state index in [9.17, 15) is 9.59 Å². The Morgan fingerprint density at radius 3 is 1.39 bits per heavy atom. The van der Waals surface area contributed by atoms with E-state index in [0.717, 1.165) is 91.0 Å². The van der Waals surface area contributed by atoms with Crippen LogP contribution in [0.2, 0.25) is 0 Å². The number of nitrogens with zero attached hydrogens (tertiary/aromatic N) is 8. The van der Waals surface area contributed by atoms with Crippen molar-refractivity contribution in [3.05, 3.63) is 91.6 Å². The minimum absolute atomic E-state index is 0.0472. The Morgan fingerprint density at radius 2 is 1.05 bits per heavy atom. The molecule has 2 saturated carbocycles. The van der Waals surface area contributed by atoms with Crippen LogP contribution in [-0.2, 0) is 19.1 Å². The zero-order chi connectivity index (χ0) is 38.8. The van der Waals surface area contributed by atoms with Gasteiger partial charge in [0.2, 0.25) is 0 Å². The lowest BCUT2D eigenvalue weighted by molar-refractivity contribution is -0.147. The first kappa shape index (κ1) is 37.3. The van der Waals surface area contributed by atoms with Gasteiger partial charge in [0.25, 0.3) is 0 Å². The Labute approximate surface area is 352 Å². The number of methoxy groups -OCH3 is 2. The third-order valence-corrected chi connectivity index (χ3v) is 13.9. The van der Waals surface area contributed by atoms with Gasteiger partial charge in [-0.3, -0.25) is 9.59 Å². The standard InChI is InChI=1S/2C21H21IN4O2/c2*1-12-4-3-5-16-19(12)26(24-20(16)22)14-6-7-18(23-10-14)25-11-13-8-15(25)9-17(13)21(27)28-2/h2*3-7,10,13,15,17H,8-9,11H2,1-2H3/t2*13-,15-,17+/m10/s1. The lowest BCUT2D eigenvalue weighted by atomic mass is 9.95. The summed E-state index contributed by atoms with van der Waals surface area (Å²) in [6.07, 6.45) is 7.61. The first-order chi connectivity index (χ1) is 27.1. The van der Waals surface area contributed by atoms with Crippen LogP contribution in [0.15, 0.2) is 73.1 Å². The first-order valence-electron chi connectivity index (χ1n) is 19.0. The number of para-hydroxylation sites is 2. The molecule has 2 aromatic carbocycles. The average Bonchev–Trinajstić information content (AvgIpc) is 4.09. The predicted octanol–water partition coefficient (Wildman–Crippen LogP) is 7.44. The van der Waals surface area contributed by atoms with Gasteiger partial charge in [-0.25, -0.2) is 19.3 Å². The Bertz CT molecular complexity index is 2300. The molecule has 4 aromatic heterocycles. The molecule has 0 unspecified atom stereocenters. The molecule has 12 nitrogen and oxygen atoms in total. The smallest absolute Gasteiger partial charge is 0.309 e. The number of anilines is 2. The van der Waals surface area contributed by atoms with E-state index in [0.29, 0.717) is 23.9 Å². The summed E-state index contributed by atoms with van der Waals surface area (Å²) in [4.78, 5) is 38.0. The monoisotopic (exact) mass is 976 g/mol. The molecule has 10 rings (SSSR count). The van der Waals surface area contributed by atoms with Crippen molar-refractivity contribution in [2.75, 3.05) is 37.1 Å². The van der Waals surface area contributed by atoms with Gasteiger partial charge in [-0.1, -0.05) is 36.4 Å². The molecule has 4 bridgehead atoms. The number of fused-ring (bicyclic) bond motifs is 6. The van der Waals surface area contributed by atoms with Crippen LogP contribution in [0.1, 0.15) is 36.8 Å². The molecule has 6 atom stereocenters. The van der Waals surface area contributed by atoms with Gasteiger partial charge in [-0.15, -0.1) is 0 Å². The van der Waals surface area contributed by atoms with Crippen molar-refractivity contribution >= 4 is 90.6 Å². The average molecular weight is 977 g/mol. The topological polar surface area (TPSA) is 120 Å². The van der Waals surface area contributed by atoms with Crippen molar-refractivity contribution < 1.29 is 19.1 Å². The van der Waals surface area contributed by atoms with Crippen LogP contribution in [0.25, 0.3) is 33.2 Å². The second-order valence-corrected chi connectivity index (χ2v) is 17.5. The summed E-state index contributed by atoms with van der Waals surface area (Å²) in [5.41, 5.74) is 6.57. The van der Waals surface area contributed by atoms with Crippen LogP contribution in [0, 0.1) is 44.9 Å². The number of carbonyl (C=O) groups is 2. The maximum Gasteiger partial charge on any atom is 0.309 e. The largest absolute Gasteiger partial charge is 0.469 e. The third kappa shape index (κ3) is 6.40. The van der Waals surface area contributed by atoms with Crippen molar-refractivity contribution in [1.29, 1.82) is 0 Å². The molecule has 0 N–H and O–H groups in total. The number of esters is 2. The second-order valence-electron chi connectivity index (χ2n) is 15.4. The molecule has 14 heteroatoms. The summed E-state index contributed by atoms with van der Waals surface area (Å²) in [6, 6.07) is 21.6. The van der Waals surface area contributed by atoms with Gasteiger partial charge >= 0.3 is 11.9 Å². The highest BCUT2D eigenvalue weighted by Crippen LogP contribution is 2.45. The number of aryl methyl sites for hydroxylation is 2. The quantitative estimate of drug-likeness (QED) is 0.123. The van der Waals surface area contributed by atoms with Crippen molar-refractivity contribution in [2.45, 2.75) is 51.6 Å². The minimum atomic E-state index is -0.0639. The molecule has 4 fully saturated rings. The highest BCUT2D eigenvalue weighted by molar-refractivity contribution is 14.1. The maximum atomic E-state index is 11.9. The molecular formula is C42H42I2N8O4. The maximum absolute atomic E-state index is 11.9. The number of piperidine rings is 2. The number of benzene rings is 2. The number of hydrogen-bond donors (Lipinski definition) is 0. The lowest BCUT2D eigenvalue weighted by Gasteiger charge is -2.31. The van der Waals surface area contributed by atoms with Crippen LogP contribution >= 0.6 is 45.2 Å². The first-order valence-corrected chi connectivity index (χ1v) is 21.2. The Morgan fingerprint density at radius 1 is 0.625 bits per heavy atom. The number of rotatable bonds is 6. The molecule has 56 heavy (non-hydrogen) atoms. The zero-order valence-electron chi connectivity index (χ0n) is 31.6. The van der Waals surface area contributed by atoms with E-state index < -0.39 is 0 Å². The van der Waals surface area contributed by atoms with Crippen LogP contribution in [0.4, 0.5) is 11.6 Å². The van der Waals surface area contributed by atoms with Gasteiger partial charge in [0, 0.05) is 35.9 Å². The minimum Gasteiger partial charge on any atom is -0.469 e. The van der Waals surface area contributed by atoms with Crippen LogP contribution in [0.3, 0.4) is 0 Å². The van der Waals surface area contributed by atoms with Gasteiger partial charge in [0.05, 0.1) is 60.9 Å². The molecule has 0 amide bonds. The molecule has 4 aliphatic rings. The SMILES string of the molecule is COC(=O)[C@@H]1C[C@@H]2C[C@H]1CN2c1ccc(-n2nc(I)c3cccc(C)c32)cn1.COC(=O)[C@H]1C[C@H]2C[C@@H]1CN2c1ccc(-n2nc(I)c3cccc(C)c32)cn1. The fourth-order valence-corrected chi connectivity index (χ4v) is 11.0. The van der Waals surface area contributed by atoms with Gasteiger partial charge < -0.3 is 19.3 Å². The van der Waals surface area contributed by atoms with E-state index in [1.54, 1.807) is 0 Å². The fraction of sp³-hybridized carbons (Fsp3) is 0.381. The zero-order valence-corrected chi connectivity index (χ0v) is 35.9. The summed E-state index contributed by atoms with van der Waals surface area (Å²) < 4.78 is 15.9. The van der Waals surface area contributed by atoms with Gasteiger partial charge in [-0.2, -0.15) is 10.2 Å². The summed E-state index contributed by atoms with van der Waals surface area (Å²) in [6.45, 7) is 5.96. The number of carbonyl (C=O) groups excluding carboxylic acids is 2. The Kier molecular flexibility index (Phi) is 9.90. The van der Waals surface area contributed by atoms with Crippen molar-refractivity contribution in [2.24, 2.45) is 23.7 Å². The van der Waals surface area contributed by atoms with Crippen molar-refractivity contribution in [3.8, 4) is 11.4 Å². The molecule has 0 spiro atoms. The number of ether oxygens (including phenoxy) is 2. The van der Waals surface area contributed by atoms with Crippen LogP contribution in [-0.4, -0.2) is 80.9 Å². The number of pyridine rings is 2.